The predicted molar refractivity (Wildman–Crippen MR) is 88.7 cm³/mol. The summed E-state index contributed by atoms with van der Waals surface area (Å²) in [6, 6.07) is 3.21. The number of benzene rings is 1. The summed E-state index contributed by atoms with van der Waals surface area (Å²) in [5.74, 6) is 0. The van der Waals surface area contributed by atoms with E-state index in [0.29, 0.717) is 22.1 Å². The van der Waals surface area contributed by atoms with Crippen LogP contribution in [0.4, 0.5) is 5.69 Å². The molecule has 0 saturated carbocycles. The van der Waals surface area contributed by atoms with Gasteiger partial charge in [0.05, 0.1) is 18.4 Å². The number of rotatable bonds is 4. The summed E-state index contributed by atoms with van der Waals surface area (Å²) in [5, 5.41) is 0. The van der Waals surface area contributed by atoms with Crippen LogP contribution in [-0.2, 0) is 14.8 Å². The van der Waals surface area contributed by atoms with Crippen LogP contribution >= 0.6 is 31.9 Å². The first-order valence-electron chi connectivity index (χ1n) is 6.34. The normalized spacial score (nSPS) is 20.6. The lowest BCUT2D eigenvalue weighted by Crippen LogP contribution is -2.45. The first-order valence-corrected chi connectivity index (χ1v) is 9.41. The van der Waals surface area contributed by atoms with Crippen molar-refractivity contribution >= 4 is 47.6 Å². The van der Waals surface area contributed by atoms with Crippen molar-refractivity contribution in [2.45, 2.75) is 11.0 Å². The Morgan fingerprint density at radius 2 is 2.19 bits per heavy atom. The van der Waals surface area contributed by atoms with Gasteiger partial charge in [0.1, 0.15) is 4.90 Å². The molecule has 0 radical (unpaired) electrons. The fraction of sp³-hybridized carbons (Fsp3) is 0.500. The largest absolute Gasteiger partial charge is 0.398 e. The number of nitrogens with zero attached hydrogens (tertiary/aromatic N) is 1. The summed E-state index contributed by atoms with van der Waals surface area (Å²) in [6.45, 7) is 2.37. The summed E-state index contributed by atoms with van der Waals surface area (Å²) < 4.78 is 34.0. The van der Waals surface area contributed by atoms with Gasteiger partial charge in [0.15, 0.2) is 0 Å². The molecule has 0 spiro atoms. The minimum atomic E-state index is -3.70. The van der Waals surface area contributed by atoms with E-state index in [1.54, 1.807) is 12.1 Å². The highest BCUT2D eigenvalue weighted by molar-refractivity contribution is 9.11. The highest BCUT2D eigenvalue weighted by Gasteiger charge is 2.24. The summed E-state index contributed by atoms with van der Waals surface area (Å²) >= 11 is 6.51. The van der Waals surface area contributed by atoms with Crippen molar-refractivity contribution in [3.63, 3.8) is 0 Å². The molecule has 21 heavy (non-hydrogen) atoms. The molecule has 9 heteroatoms. The van der Waals surface area contributed by atoms with Gasteiger partial charge in [-0.15, -0.1) is 0 Å². The molecule has 0 bridgehead atoms. The van der Waals surface area contributed by atoms with Gasteiger partial charge in [0.25, 0.3) is 0 Å². The molecule has 0 amide bonds. The first-order chi connectivity index (χ1) is 9.79. The highest BCUT2D eigenvalue weighted by atomic mass is 79.9. The number of hydrogen-bond donors (Lipinski definition) is 2. The molecule has 3 N–H and O–H groups in total. The Balaban J connectivity index is 2.12. The van der Waals surface area contributed by atoms with Gasteiger partial charge < -0.3 is 15.4 Å². The molecule has 1 aromatic carbocycles. The van der Waals surface area contributed by atoms with Gasteiger partial charge in [-0.05, 0) is 35.1 Å². The van der Waals surface area contributed by atoms with E-state index in [1.807, 2.05) is 7.05 Å². The summed E-state index contributed by atoms with van der Waals surface area (Å²) in [5.41, 5.74) is 6.01. The Labute approximate surface area is 141 Å². The van der Waals surface area contributed by atoms with Gasteiger partial charge in [0.2, 0.25) is 10.0 Å². The molecule has 118 valence electrons. The van der Waals surface area contributed by atoms with Gasteiger partial charge >= 0.3 is 0 Å². The molecular formula is C12H17Br2N3O3S. The smallest absolute Gasteiger partial charge is 0.243 e. The minimum absolute atomic E-state index is 0.0508. The molecule has 1 fully saturated rings. The molecular weight excluding hydrogens is 426 g/mol. The Kier molecular flexibility index (Phi) is 5.66. The van der Waals surface area contributed by atoms with Crippen LogP contribution in [0.1, 0.15) is 0 Å². The van der Waals surface area contributed by atoms with Gasteiger partial charge in [-0.3, -0.25) is 0 Å². The number of anilines is 1. The van der Waals surface area contributed by atoms with Crippen molar-refractivity contribution in [3.05, 3.63) is 21.1 Å². The van der Waals surface area contributed by atoms with Gasteiger partial charge in [-0.25, -0.2) is 13.1 Å². The zero-order chi connectivity index (χ0) is 15.6. The maximum absolute atomic E-state index is 12.4. The highest BCUT2D eigenvalue weighted by Crippen LogP contribution is 2.31. The molecule has 1 aliphatic rings. The minimum Gasteiger partial charge on any atom is -0.398 e. The average Bonchev–Trinajstić information content (AvgIpc) is 2.35. The number of ether oxygens (including phenoxy) is 1. The Morgan fingerprint density at radius 1 is 1.48 bits per heavy atom. The molecule has 1 atom stereocenters. The van der Waals surface area contributed by atoms with E-state index in [0.717, 1.165) is 6.54 Å². The second-order valence-corrected chi connectivity index (χ2v) is 8.39. The number of likely N-dealkylation sites (N-methyl/N-ethyl adjacent to an activating group) is 1. The van der Waals surface area contributed by atoms with E-state index in [-0.39, 0.29) is 23.2 Å². The fourth-order valence-electron chi connectivity index (χ4n) is 2.13. The van der Waals surface area contributed by atoms with Crippen LogP contribution in [0.15, 0.2) is 26.0 Å². The molecule has 1 aromatic rings. The van der Waals surface area contributed by atoms with Crippen LogP contribution in [0.2, 0.25) is 0 Å². The monoisotopic (exact) mass is 441 g/mol. The number of nitrogens with two attached hydrogens (primary N) is 1. The maximum Gasteiger partial charge on any atom is 0.243 e. The number of nitrogens with one attached hydrogen (secondary N) is 1. The number of hydrogen-bond acceptors (Lipinski definition) is 5. The van der Waals surface area contributed by atoms with Crippen LogP contribution in [0.5, 0.6) is 0 Å². The Bertz CT molecular complexity index is 601. The lowest BCUT2D eigenvalue weighted by molar-refractivity contribution is -0.0156. The maximum atomic E-state index is 12.4. The van der Waals surface area contributed by atoms with Gasteiger partial charge in [0, 0.05) is 28.6 Å². The van der Waals surface area contributed by atoms with E-state index in [1.165, 1.54) is 0 Å². The fourth-order valence-corrected chi connectivity index (χ4v) is 5.26. The van der Waals surface area contributed by atoms with Gasteiger partial charge in [-0.1, -0.05) is 15.9 Å². The van der Waals surface area contributed by atoms with Crippen molar-refractivity contribution < 1.29 is 13.2 Å². The van der Waals surface area contributed by atoms with Crippen LogP contribution in [-0.4, -0.2) is 52.7 Å². The third-order valence-corrected chi connectivity index (χ3v) is 6.03. The molecule has 0 aliphatic carbocycles. The topological polar surface area (TPSA) is 84.7 Å². The van der Waals surface area contributed by atoms with E-state index >= 15 is 0 Å². The molecule has 1 aliphatic heterocycles. The van der Waals surface area contributed by atoms with E-state index in [4.69, 9.17) is 10.5 Å². The van der Waals surface area contributed by atoms with Crippen LogP contribution < -0.4 is 10.5 Å². The zero-order valence-electron chi connectivity index (χ0n) is 11.5. The van der Waals surface area contributed by atoms with E-state index < -0.39 is 10.0 Å². The molecule has 1 unspecified atom stereocenters. The average molecular weight is 443 g/mol. The zero-order valence-corrected chi connectivity index (χ0v) is 15.5. The van der Waals surface area contributed by atoms with Crippen molar-refractivity contribution in [1.29, 1.82) is 0 Å². The molecule has 1 heterocycles. The summed E-state index contributed by atoms with van der Waals surface area (Å²) in [4.78, 5) is 2.15. The number of nitrogen functional groups attached to an aromatic ring is 1. The molecule has 6 nitrogen and oxygen atoms in total. The number of sulfonamides is 1. The third-order valence-electron chi connectivity index (χ3n) is 3.15. The third kappa shape index (κ3) is 4.40. The lowest BCUT2D eigenvalue weighted by atomic mass is 10.3. The van der Waals surface area contributed by atoms with Crippen molar-refractivity contribution in [2.24, 2.45) is 0 Å². The standard InChI is InChI=1S/C12H17Br2N3O3S/c1-17-2-3-20-9(7-17)6-16-21(18,19)12-10(14)4-8(13)5-11(12)15/h4-5,9,16H,2-3,6-7,15H2,1H3. The Hall–Kier alpha value is -0.190. The van der Waals surface area contributed by atoms with E-state index in [2.05, 4.69) is 41.5 Å². The molecule has 0 aromatic heterocycles. The quantitative estimate of drug-likeness (QED) is 0.688. The summed E-state index contributed by atoms with van der Waals surface area (Å²) in [6.07, 6.45) is -0.158. The second-order valence-electron chi connectivity index (χ2n) is 4.91. The van der Waals surface area contributed by atoms with Crippen LogP contribution in [0, 0.1) is 0 Å². The van der Waals surface area contributed by atoms with Crippen molar-refractivity contribution in [3.8, 4) is 0 Å². The lowest BCUT2D eigenvalue weighted by Gasteiger charge is -2.30. The van der Waals surface area contributed by atoms with Gasteiger partial charge in [-0.2, -0.15) is 0 Å². The summed E-state index contributed by atoms with van der Waals surface area (Å²) in [7, 11) is -1.72. The Morgan fingerprint density at radius 3 is 2.81 bits per heavy atom. The number of morpholine rings is 1. The second kappa shape index (κ2) is 6.93. The SMILES string of the molecule is CN1CCOC(CNS(=O)(=O)c2c(N)cc(Br)cc2Br)C1. The van der Waals surface area contributed by atoms with Crippen LogP contribution in [0.3, 0.4) is 0 Å². The first kappa shape index (κ1) is 17.2. The van der Waals surface area contributed by atoms with E-state index in [9.17, 15) is 8.42 Å². The van der Waals surface area contributed by atoms with Crippen LogP contribution in [0.25, 0.3) is 0 Å². The van der Waals surface area contributed by atoms with Crippen molar-refractivity contribution in [1.82, 2.24) is 9.62 Å². The predicted octanol–water partition coefficient (Wildman–Crippen LogP) is 1.40. The number of halogens is 2. The molecule has 2 rings (SSSR count). The van der Waals surface area contributed by atoms with Crippen molar-refractivity contribution in [2.75, 3.05) is 39.0 Å². The molecule has 1 saturated heterocycles.